The highest BCUT2D eigenvalue weighted by Gasteiger charge is 2.22. The fourth-order valence-electron chi connectivity index (χ4n) is 2.61. The number of rotatable bonds is 7. The number of hydrogen-bond acceptors (Lipinski definition) is 5. The molecule has 7 heteroatoms. The minimum Gasteiger partial charge on any atom is -0.748 e. The molecule has 0 saturated heterocycles. The zero-order valence-electron chi connectivity index (χ0n) is 14.3. The number of hydrogen-bond donors (Lipinski definition) is 1. The summed E-state index contributed by atoms with van der Waals surface area (Å²) in [6, 6.07) is 17.2. The fourth-order valence-corrected chi connectivity index (χ4v) is 3.00. The number of fused-ring (bicyclic) bond motifs is 1. The number of aryl methyl sites for hydroxylation is 1. The van der Waals surface area contributed by atoms with Crippen LogP contribution < -0.4 is 9.88 Å². The highest BCUT2D eigenvalue weighted by molar-refractivity contribution is 7.86. The van der Waals surface area contributed by atoms with Crippen molar-refractivity contribution in [2.24, 2.45) is 0 Å². The number of aromatic nitrogens is 1. The Kier molecular flexibility index (Phi) is 5.39. The van der Waals surface area contributed by atoms with Crippen LogP contribution in [0.25, 0.3) is 17.2 Å². The Morgan fingerprint density at radius 3 is 2.58 bits per heavy atom. The summed E-state index contributed by atoms with van der Waals surface area (Å²) in [6.45, 7) is 1.79. The molecule has 0 spiro atoms. The highest BCUT2D eigenvalue weighted by atomic mass is 32.2. The summed E-state index contributed by atoms with van der Waals surface area (Å²) in [6.07, 6.45) is 3.76. The minimum absolute atomic E-state index is 0.215. The van der Waals surface area contributed by atoms with E-state index >= 15 is 0 Å². The molecule has 0 aliphatic carbocycles. The van der Waals surface area contributed by atoms with Crippen molar-refractivity contribution in [1.82, 2.24) is 0 Å². The number of para-hydroxylation sites is 3. The van der Waals surface area contributed by atoms with E-state index in [1.54, 1.807) is 12.3 Å². The van der Waals surface area contributed by atoms with Crippen LogP contribution in [0, 0.1) is 0 Å². The maximum Gasteiger partial charge on any atom is 0.375 e. The SMILES string of the molecule is CC(CC[n+]1c(/C=C/Nc2ccccc2)oc2ccccc21)S(=O)(=O)[O-]. The van der Waals surface area contributed by atoms with Crippen LogP contribution in [0.3, 0.4) is 0 Å². The van der Waals surface area contributed by atoms with Gasteiger partial charge in [-0.3, -0.25) is 0 Å². The highest BCUT2D eigenvalue weighted by Crippen LogP contribution is 2.16. The van der Waals surface area contributed by atoms with E-state index in [0.717, 1.165) is 11.2 Å². The molecule has 6 nitrogen and oxygen atoms in total. The molecule has 0 radical (unpaired) electrons. The van der Waals surface area contributed by atoms with Gasteiger partial charge in [-0.15, -0.1) is 0 Å². The van der Waals surface area contributed by atoms with Crippen molar-refractivity contribution < 1.29 is 22.0 Å². The molecule has 136 valence electrons. The number of nitrogens with zero attached hydrogens (tertiary/aromatic N) is 1. The van der Waals surface area contributed by atoms with E-state index in [2.05, 4.69) is 5.32 Å². The molecule has 0 amide bonds. The van der Waals surface area contributed by atoms with Gasteiger partial charge in [0.1, 0.15) is 0 Å². The maximum absolute atomic E-state index is 11.2. The Balaban J connectivity index is 1.84. The molecule has 0 aliphatic heterocycles. The first-order valence-corrected chi connectivity index (χ1v) is 9.76. The van der Waals surface area contributed by atoms with Gasteiger partial charge in [0.25, 0.3) is 5.52 Å². The molecule has 3 rings (SSSR count). The third-order valence-electron chi connectivity index (χ3n) is 4.14. The third-order valence-corrected chi connectivity index (χ3v) is 5.36. The fraction of sp³-hybridized carbons (Fsp3) is 0.211. The molecular formula is C19H20N2O4S. The van der Waals surface area contributed by atoms with E-state index < -0.39 is 15.4 Å². The molecule has 1 aromatic heterocycles. The van der Waals surface area contributed by atoms with Crippen LogP contribution in [-0.4, -0.2) is 18.2 Å². The molecule has 26 heavy (non-hydrogen) atoms. The van der Waals surface area contributed by atoms with Gasteiger partial charge in [-0.25, -0.2) is 8.42 Å². The van der Waals surface area contributed by atoms with Crippen LogP contribution in [-0.2, 0) is 16.7 Å². The van der Waals surface area contributed by atoms with Gasteiger partial charge in [-0.05, 0) is 25.1 Å². The zero-order chi connectivity index (χ0) is 18.6. The zero-order valence-corrected chi connectivity index (χ0v) is 15.1. The summed E-state index contributed by atoms with van der Waals surface area (Å²) in [5.74, 6) is 0.574. The first-order chi connectivity index (χ1) is 12.4. The van der Waals surface area contributed by atoms with E-state index in [0.29, 0.717) is 18.0 Å². The summed E-state index contributed by atoms with van der Waals surface area (Å²) in [5.41, 5.74) is 2.49. The third kappa shape index (κ3) is 4.30. The first kappa shape index (κ1) is 18.2. The van der Waals surface area contributed by atoms with Crippen molar-refractivity contribution >= 4 is 33.0 Å². The van der Waals surface area contributed by atoms with Crippen molar-refractivity contribution in [2.75, 3.05) is 5.32 Å². The lowest BCUT2D eigenvalue weighted by Gasteiger charge is -2.13. The van der Waals surface area contributed by atoms with Crippen LogP contribution in [0.4, 0.5) is 5.69 Å². The number of anilines is 1. The lowest BCUT2D eigenvalue weighted by atomic mass is 10.3. The number of benzene rings is 2. The van der Waals surface area contributed by atoms with Gasteiger partial charge < -0.3 is 14.3 Å². The summed E-state index contributed by atoms with van der Waals surface area (Å²) in [4.78, 5) is 0. The molecule has 0 fully saturated rings. The van der Waals surface area contributed by atoms with E-state index in [1.807, 2.05) is 59.2 Å². The van der Waals surface area contributed by atoms with E-state index in [9.17, 15) is 13.0 Å². The van der Waals surface area contributed by atoms with Crippen molar-refractivity contribution in [3.63, 3.8) is 0 Å². The van der Waals surface area contributed by atoms with Crippen molar-refractivity contribution in [3.05, 3.63) is 66.7 Å². The topological polar surface area (TPSA) is 86.2 Å². The van der Waals surface area contributed by atoms with Gasteiger partial charge in [-0.2, -0.15) is 4.57 Å². The molecule has 1 atom stereocenters. The van der Waals surface area contributed by atoms with E-state index in [-0.39, 0.29) is 6.42 Å². The first-order valence-electron chi connectivity index (χ1n) is 8.29. The quantitative estimate of drug-likeness (QED) is 0.509. The predicted octanol–water partition coefficient (Wildman–Crippen LogP) is 3.13. The van der Waals surface area contributed by atoms with Crippen LogP contribution >= 0.6 is 0 Å². The van der Waals surface area contributed by atoms with Gasteiger partial charge in [0.05, 0.1) is 21.4 Å². The normalized spacial score (nSPS) is 13.3. The number of oxazole rings is 1. The molecule has 2 aromatic carbocycles. The lowest BCUT2D eigenvalue weighted by Crippen LogP contribution is -2.37. The number of nitrogens with one attached hydrogen (secondary N) is 1. The molecule has 0 bridgehead atoms. The molecule has 0 saturated carbocycles. The molecular weight excluding hydrogens is 352 g/mol. The summed E-state index contributed by atoms with van der Waals surface area (Å²) < 4.78 is 41.2. The van der Waals surface area contributed by atoms with Crippen molar-refractivity contribution in [3.8, 4) is 0 Å². The second-order valence-corrected chi connectivity index (χ2v) is 7.79. The summed E-state index contributed by atoms with van der Waals surface area (Å²) >= 11 is 0. The standard InChI is InChI=1S/C19H20N2O4S/c1-15(26(22,23)24)12-14-21-17-9-5-6-10-18(17)25-19(21)11-13-20-16-7-3-2-4-8-16/h2-11,13,15H,12,14H2,1H3,(H,22,23,24). The van der Waals surface area contributed by atoms with Gasteiger partial charge in [0.2, 0.25) is 5.58 Å². The minimum atomic E-state index is -4.30. The van der Waals surface area contributed by atoms with Gasteiger partial charge in [0.15, 0.2) is 6.54 Å². The Morgan fingerprint density at radius 1 is 1.15 bits per heavy atom. The van der Waals surface area contributed by atoms with E-state index in [4.69, 9.17) is 4.42 Å². The van der Waals surface area contributed by atoms with Crippen LogP contribution in [0.15, 0.2) is 65.2 Å². The average molecular weight is 372 g/mol. The molecule has 1 heterocycles. The molecule has 0 aliphatic rings. The Labute approximate surface area is 152 Å². The second-order valence-electron chi connectivity index (χ2n) is 6.00. The van der Waals surface area contributed by atoms with Crippen molar-refractivity contribution in [1.29, 1.82) is 0 Å². The largest absolute Gasteiger partial charge is 0.748 e. The van der Waals surface area contributed by atoms with Crippen LogP contribution in [0.2, 0.25) is 0 Å². The maximum atomic E-state index is 11.2. The smallest absolute Gasteiger partial charge is 0.375 e. The van der Waals surface area contributed by atoms with Crippen LogP contribution in [0.1, 0.15) is 19.2 Å². The Morgan fingerprint density at radius 2 is 1.85 bits per heavy atom. The van der Waals surface area contributed by atoms with Gasteiger partial charge in [0, 0.05) is 24.4 Å². The van der Waals surface area contributed by atoms with E-state index in [1.165, 1.54) is 6.92 Å². The van der Waals surface area contributed by atoms with Crippen molar-refractivity contribution in [2.45, 2.75) is 25.1 Å². The molecule has 1 unspecified atom stereocenters. The predicted molar refractivity (Wildman–Crippen MR) is 99.3 cm³/mol. The van der Waals surface area contributed by atoms with Gasteiger partial charge >= 0.3 is 5.89 Å². The van der Waals surface area contributed by atoms with Crippen LogP contribution in [0.5, 0.6) is 0 Å². The Hall–Kier alpha value is -2.64. The molecule has 1 N–H and O–H groups in total. The second kappa shape index (κ2) is 7.72. The average Bonchev–Trinajstić information content (AvgIpc) is 2.97. The monoisotopic (exact) mass is 372 g/mol. The summed E-state index contributed by atoms with van der Waals surface area (Å²) in [5, 5.41) is 2.20. The Bertz CT molecular complexity index is 1010. The summed E-state index contributed by atoms with van der Waals surface area (Å²) in [7, 11) is -4.30. The van der Waals surface area contributed by atoms with Gasteiger partial charge in [-0.1, -0.05) is 30.3 Å². The lowest BCUT2D eigenvalue weighted by molar-refractivity contribution is -0.678. The molecule has 3 aromatic rings.